The second-order valence-corrected chi connectivity index (χ2v) is 4.78. The number of nitrogens with one attached hydrogen (secondary N) is 2. The Bertz CT molecular complexity index is 628. The van der Waals surface area contributed by atoms with Crippen molar-refractivity contribution in [3.8, 4) is 5.75 Å². The topological polar surface area (TPSA) is 120 Å². The summed E-state index contributed by atoms with van der Waals surface area (Å²) in [5.41, 5.74) is 2.36. The standard InChI is InChI=1S/C16H21N3O5/c1-3-5-8-17-14(20)15(21)19-18-10-11-6-7-13(24-4-2)12(9-11)16(22)23/h6-7,9-10H,3-5,8H2,1-2H3,(H,17,20)(H,19,21)(H,22,23)/p-1/b18-10-. The van der Waals surface area contributed by atoms with Crippen molar-refractivity contribution < 1.29 is 24.2 Å². The summed E-state index contributed by atoms with van der Waals surface area (Å²) in [4.78, 5) is 34.0. The Balaban J connectivity index is 2.67. The van der Waals surface area contributed by atoms with Gasteiger partial charge in [-0.2, -0.15) is 5.10 Å². The second-order valence-electron chi connectivity index (χ2n) is 4.78. The highest BCUT2D eigenvalue weighted by molar-refractivity contribution is 6.35. The Morgan fingerprint density at radius 3 is 2.62 bits per heavy atom. The Labute approximate surface area is 139 Å². The zero-order chi connectivity index (χ0) is 17.9. The number of unbranched alkanes of at least 4 members (excludes halogenated alkanes) is 1. The quantitative estimate of drug-likeness (QED) is 0.296. The number of hydrogen-bond donors (Lipinski definition) is 2. The van der Waals surface area contributed by atoms with Crippen molar-refractivity contribution in [1.82, 2.24) is 10.7 Å². The molecule has 1 rings (SSSR count). The molecule has 0 saturated heterocycles. The van der Waals surface area contributed by atoms with E-state index in [1.165, 1.54) is 18.3 Å². The van der Waals surface area contributed by atoms with Gasteiger partial charge in [-0.1, -0.05) is 13.3 Å². The lowest BCUT2D eigenvalue weighted by Crippen LogP contribution is -2.38. The van der Waals surface area contributed by atoms with Crippen LogP contribution in [0, 0.1) is 0 Å². The molecule has 0 unspecified atom stereocenters. The molecule has 0 radical (unpaired) electrons. The summed E-state index contributed by atoms with van der Waals surface area (Å²) in [5.74, 6) is -2.86. The van der Waals surface area contributed by atoms with Crippen molar-refractivity contribution in [2.24, 2.45) is 5.10 Å². The second kappa shape index (κ2) is 9.98. The van der Waals surface area contributed by atoms with Crippen LogP contribution in [0.4, 0.5) is 0 Å². The van der Waals surface area contributed by atoms with E-state index in [1.807, 2.05) is 6.92 Å². The number of hydrogen-bond acceptors (Lipinski definition) is 6. The van der Waals surface area contributed by atoms with E-state index < -0.39 is 17.8 Å². The number of amides is 2. The summed E-state index contributed by atoms with van der Waals surface area (Å²) in [7, 11) is 0. The monoisotopic (exact) mass is 334 g/mol. The summed E-state index contributed by atoms with van der Waals surface area (Å²) >= 11 is 0. The van der Waals surface area contributed by atoms with Crippen molar-refractivity contribution in [3.05, 3.63) is 29.3 Å². The highest BCUT2D eigenvalue weighted by Crippen LogP contribution is 2.18. The van der Waals surface area contributed by atoms with E-state index in [2.05, 4.69) is 15.8 Å². The van der Waals surface area contributed by atoms with Crippen molar-refractivity contribution in [2.75, 3.05) is 13.2 Å². The predicted molar refractivity (Wildman–Crippen MR) is 85.6 cm³/mol. The lowest BCUT2D eigenvalue weighted by molar-refractivity contribution is -0.255. The first-order chi connectivity index (χ1) is 11.5. The van der Waals surface area contributed by atoms with Gasteiger partial charge in [-0.05, 0) is 37.1 Å². The number of benzene rings is 1. The molecule has 0 fully saturated rings. The van der Waals surface area contributed by atoms with Crippen LogP contribution in [-0.2, 0) is 9.59 Å². The van der Waals surface area contributed by atoms with Crippen LogP contribution in [-0.4, -0.2) is 37.1 Å². The average molecular weight is 334 g/mol. The van der Waals surface area contributed by atoms with Gasteiger partial charge in [-0.15, -0.1) is 0 Å². The Kier molecular flexibility index (Phi) is 7.97. The highest BCUT2D eigenvalue weighted by atomic mass is 16.5. The molecule has 130 valence electrons. The van der Waals surface area contributed by atoms with E-state index >= 15 is 0 Å². The van der Waals surface area contributed by atoms with E-state index in [-0.39, 0.29) is 11.3 Å². The maximum atomic E-state index is 11.5. The molecule has 0 bridgehead atoms. The largest absolute Gasteiger partial charge is 0.545 e. The van der Waals surface area contributed by atoms with Crippen LogP contribution >= 0.6 is 0 Å². The van der Waals surface area contributed by atoms with Gasteiger partial charge in [0, 0.05) is 12.1 Å². The first-order valence-corrected chi connectivity index (χ1v) is 7.59. The molecule has 0 spiro atoms. The summed E-state index contributed by atoms with van der Waals surface area (Å²) in [5, 5.41) is 17.2. The fourth-order valence-electron chi connectivity index (χ4n) is 1.74. The average Bonchev–Trinajstić information content (AvgIpc) is 2.56. The Hall–Kier alpha value is -2.90. The minimum absolute atomic E-state index is 0.121. The third-order valence-electron chi connectivity index (χ3n) is 2.93. The Morgan fingerprint density at radius 2 is 2.00 bits per heavy atom. The molecule has 8 heteroatoms. The van der Waals surface area contributed by atoms with E-state index in [1.54, 1.807) is 13.0 Å². The number of nitrogens with zero attached hydrogens (tertiary/aromatic N) is 1. The molecule has 0 atom stereocenters. The molecule has 0 aliphatic carbocycles. The highest BCUT2D eigenvalue weighted by Gasteiger charge is 2.11. The minimum Gasteiger partial charge on any atom is -0.545 e. The Morgan fingerprint density at radius 1 is 1.25 bits per heavy atom. The normalized spacial score (nSPS) is 10.4. The van der Waals surface area contributed by atoms with Gasteiger partial charge >= 0.3 is 11.8 Å². The molecule has 1 aromatic rings. The molecule has 0 saturated carbocycles. The van der Waals surface area contributed by atoms with Gasteiger partial charge in [0.1, 0.15) is 5.75 Å². The lowest BCUT2D eigenvalue weighted by Gasteiger charge is -2.11. The number of rotatable bonds is 8. The molecule has 0 aliphatic rings. The minimum atomic E-state index is -1.38. The van der Waals surface area contributed by atoms with E-state index in [0.29, 0.717) is 18.7 Å². The zero-order valence-electron chi connectivity index (χ0n) is 13.6. The number of aromatic carboxylic acids is 1. The van der Waals surface area contributed by atoms with Gasteiger partial charge in [0.15, 0.2) is 0 Å². The maximum absolute atomic E-state index is 11.5. The summed E-state index contributed by atoms with van der Waals surface area (Å²) < 4.78 is 5.19. The van der Waals surface area contributed by atoms with Gasteiger partial charge in [0.2, 0.25) is 0 Å². The van der Waals surface area contributed by atoms with E-state index in [0.717, 1.165) is 12.8 Å². The molecular formula is C16H20N3O5-. The van der Waals surface area contributed by atoms with Gasteiger partial charge in [-0.25, -0.2) is 5.43 Å². The molecule has 8 nitrogen and oxygen atoms in total. The number of carbonyl (C=O) groups is 3. The molecule has 2 amide bonds. The first kappa shape index (κ1) is 19.1. The lowest BCUT2D eigenvalue weighted by atomic mass is 10.1. The predicted octanol–water partition coefficient (Wildman–Crippen LogP) is -0.185. The fourth-order valence-corrected chi connectivity index (χ4v) is 1.74. The fraction of sp³-hybridized carbons (Fsp3) is 0.375. The molecule has 24 heavy (non-hydrogen) atoms. The maximum Gasteiger partial charge on any atom is 0.329 e. The summed E-state index contributed by atoms with van der Waals surface area (Å²) in [6.07, 6.45) is 2.90. The molecule has 1 aromatic carbocycles. The molecule has 0 aliphatic heterocycles. The third kappa shape index (κ3) is 6.07. The smallest absolute Gasteiger partial charge is 0.329 e. The van der Waals surface area contributed by atoms with Crippen LogP contribution in [0.2, 0.25) is 0 Å². The van der Waals surface area contributed by atoms with Crippen LogP contribution in [0.1, 0.15) is 42.6 Å². The van der Waals surface area contributed by atoms with Crippen LogP contribution in [0.25, 0.3) is 0 Å². The van der Waals surface area contributed by atoms with Crippen LogP contribution in [0.5, 0.6) is 5.75 Å². The van der Waals surface area contributed by atoms with Crippen LogP contribution in [0.3, 0.4) is 0 Å². The zero-order valence-corrected chi connectivity index (χ0v) is 13.6. The van der Waals surface area contributed by atoms with Crippen LogP contribution < -0.4 is 20.6 Å². The van der Waals surface area contributed by atoms with Crippen molar-refractivity contribution in [1.29, 1.82) is 0 Å². The van der Waals surface area contributed by atoms with E-state index in [9.17, 15) is 19.5 Å². The molecule has 0 heterocycles. The summed E-state index contributed by atoms with van der Waals surface area (Å²) in [6, 6.07) is 4.33. The molecule has 0 aromatic heterocycles. The first-order valence-electron chi connectivity index (χ1n) is 7.59. The van der Waals surface area contributed by atoms with Crippen molar-refractivity contribution >= 4 is 24.0 Å². The van der Waals surface area contributed by atoms with Gasteiger partial charge < -0.3 is 20.0 Å². The molecule has 2 N–H and O–H groups in total. The number of hydrazone groups is 1. The van der Waals surface area contributed by atoms with E-state index in [4.69, 9.17) is 4.74 Å². The number of ether oxygens (including phenoxy) is 1. The van der Waals surface area contributed by atoms with Crippen molar-refractivity contribution in [3.63, 3.8) is 0 Å². The van der Waals surface area contributed by atoms with Crippen LogP contribution in [0.15, 0.2) is 23.3 Å². The van der Waals surface area contributed by atoms with Gasteiger partial charge in [0.25, 0.3) is 0 Å². The summed E-state index contributed by atoms with van der Waals surface area (Å²) in [6.45, 7) is 4.43. The number of carbonyl (C=O) groups excluding carboxylic acids is 3. The third-order valence-corrected chi connectivity index (χ3v) is 2.93. The van der Waals surface area contributed by atoms with Gasteiger partial charge in [-0.3, -0.25) is 9.59 Å². The molecular weight excluding hydrogens is 314 g/mol. The number of carboxylic acids is 1. The van der Waals surface area contributed by atoms with Crippen molar-refractivity contribution in [2.45, 2.75) is 26.7 Å². The van der Waals surface area contributed by atoms with Gasteiger partial charge in [0.05, 0.1) is 18.8 Å². The SMILES string of the molecule is CCCCNC(=O)C(=O)N/N=C\c1ccc(OCC)c(C(=O)[O-])c1. The number of carboxylic acid groups (broad SMARTS) is 1.